The van der Waals surface area contributed by atoms with Crippen molar-refractivity contribution in [1.29, 1.82) is 0 Å². The van der Waals surface area contributed by atoms with Crippen LogP contribution in [0, 0.1) is 11.7 Å². The van der Waals surface area contributed by atoms with Crippen LogP contribution < -0.4 is 10.2 Å². The molecule has 0 aromatic heterocycles. The van der Waals surface area contributed by atoms with E-state index in [1.165, 1.54) is 0 Å². The molecule has 0 saturated carbocycles. The van der Waals surface area contributed by atoms with E-state index in [9.17, 15) is 4.39 Å². The molecule has 1 aromatic rings. The summed E-state index contributed by atoms with van der Waals surface area (Å²) in [4.78, 5) is 2.07. The number of morpholine rings is 1. The van der Waals surface area contributed by atoms with Gasteiger partial charge in [0.1, 0.15) is 5.82 Å². The normalized spacial score (nSPS) is 15.9. The predicted molar refractivity (Wildman–Crippen MR) is 80.6 cm³/mol. The van der Waals surface area contributed by atoms with Crippen molar-refractivity contribution in [3.05, 3.63) is 29.6 Å². The molecule has 1 N–H and O–H groups in total. The van der Waals surface area contributed by atoms with Gasteiger partial charge in [-0.05, 0) is 36.6 Å². The van der Waals surface area contributed by atoms with Crippen LogP contribution in [-0.4, -0.2) is 32.8 Å². The molecule has 1 aromatic carbocycles. The van der Waals surface area contributed by atoms with Gasteiger partial charge in [-0.2, -0.15) is 0 Å². The van der Waals surface area contributed by atoms with Gasteiger partial charge >= 0.3 is 0 Å². The second-order valence-corrected chi connectivity index (χ2v) is 5.74. The quantitative estimate of drug-likeness (QED) is 0.811. The van der Waals surface area contributed by atoms with Crippen LogP contribution in [0.15, 0.2) is 18.2 Å². The molecular weight excluding hydrogens is 255 g/mol. The third kappa shape index (κ3) is 4.46. The van der Waals surface area contributed by atoms with Crippen LogP contribution in [0.3, 0.4) is 0 Å². The molecule has 1 fully saturated rings. The van der Waals surface area contributed by atoms with Crippen LogP contribution >= 0.6 is 0 Å². The Morgan fingerprint density at radius 3 is 2.75 bits per heavy atom. The Labute approximate surface area is 121 Å². The molecule has 4 heteroatoms. The highest BCUT2D eigenvalue weighted by Crippen LogP contribution is 2.22. The molecule has 0 amide bonds. The minimum Gasteiger partial charge on any atom is -0.378 e. The summed E-state index contributed by atoms with van der Waals surface area (Å²) in [6.07, 6.45) is 1.16. The van der Waals surface area contributed by atoms with Crippen LogP contribution in [0.4, 0.5) is 10.1 Å². The van der Waals surface area contributed by atoms with Crippen LogP contribution in [0.25, 0.3) is 0 Å². The number of benzene rings is 1. The zero-order valence-corrected chi connectivity index (χ0v) is 12.5. The first-order chi connectivity index (χ1) is 9.66. The fourth-order valence-electron chi connectivity index (χ4n) is 2.34. The smallest absolute Gasteiger partial charge is 0.146 e. The standard InChI is InChI=1S/C16H25FN2O/c1-13(2)5-6-18-12-14-3-4-15(17)16(11-14)19-7-9-20-10-8-19/h3-4,11,13,18H,5-10,12H2,1-2H3. The zero-order valence-electron chi connectivity index (χ0n) is 12.5. The number of hydrogen-bond donors (Lipinski definition) is 1. The highest BCUT2D eigenvalue weighted by Gasteiger charge is 2.15. The lowest BCUT2D eigenvalue weighted by atomic mass is 10.1. The summed E-state index contributed by atoms with van der Waals surface area (Å²) in [7, 11) is 0. The topological polar surface area (TPSA) is 24.5 Å². The maximum atomic E-state index is 13.9. The van der Waals surface area contributed by atoms with Crippen LogP contribution in [0.1, 0.15) is 25.8 Å². The Balaban J connectivity index is 1.93. The summed E-state index contributed by atoms with van der Waals surface area (Å²) >= 11 is 0. The summed E-state index contributed by atoms with van der Waals surface area (Å²) in [5.74, 6) is 0.567. The Morgan fingerprint density at radius 2 is 2.05 bits per heavy atom. The molecule has 1 heterocycles. The van der Waals surface area contributed by atoms with Gasteiger partial charge in [0.2, 0.25) is 0 Å². The van der Waals surface area contributed by atoms with Crippen LogP contribution in [0.5, 0.6) is 0 Å². The molecule has 112 valence electrons. The van der Waals surface area contributed by atoms with Crippen LogP contribution in [0.2, 0.25) is 0 Å². The van der Waals surface area contributed by atoms with Gasteiger partial charge < -0.3 is 15.0 Å². The number of nitrogens with zero attached hydrogens (tertiary/aromatic N) is 1. The van der Waals surface area contributed by atoms with Gasteiger partial charge in [-0.15, -0.1) is 0 Å². The number of ether oxygens (including phenoxy) is 1. The van der Waals surface area contributed by atoms with E-state index in [0.29, 0.717) is 24.8 Å². The van der Waals surface area contributed by atoms with E-state index in [4.69, 9.17) is 4.74 Å². The average Bonchev–Trinajstić information content (AvgIpc) is 2.46. The van der Waals surface area contributed by atoms with Crippen molar-refractivity contribution in [3.63, 3.8) is 0 Å². The van der Waals surface area contributed by atoms with E-state index in [2.05, 4.69) is 24.1 Å². The Kier molecular flexibility index (Phi) is 5.80. The number of hydrogen-bond acceptors (Lipinski definition) is 3. The minimum atomic E-state index is -0.141. The molecule has 0 unspecified atom stereocenters. The van der Waals surface area contributed by atoms with Crippen molar-refractivity contribution in [2.75, 3.05) is 37.7 Å². The molecule has 1 saturated heterocycles. The number of rotatable bonds is 6. The van der Waals surface area contributed by atoms with Crippen LogP contribution in [-0.2, 0) is 11.3 Å². The number of halogens is 1. The molecular formula is C16H25FN2O. The van der Waals surface area contributed by atoms with E-state index in [0.717, 1.165) is 38.2 Å². The third-order valence-corrected chi connectivity index (χ3v) is 3.59. The summed E-state index contributed by atoms with van der Waals surface area (Å²) in [6.45, 7) is 9.12. The molecule has 0 atom stereocenters. The largest absolute Gasteiger partial charge is 0.378 e. The molecule has 2 rings (SSSR count). The maximum Gasteiger partial charge on any atom is 0.146 e. The summed E-state index contributed by atoms with van der Waals surface area (Å²) in [5, 5.41) is 3.42. The van der Waals surface area contributed by atoms with E-state index in [-0.39, 0.29) is 5.82 Å². The lowest BCUT2D eigenvalue weighted by Crippen LogP contribution is -2.36. The zero-order chi connectivity index (χ0) is 14.4. The van der Waals surface area contributed by atoms with Gasteiger partial charge in [-0.25, -0.2) is 4.39 Å². The van der Waals surface area contributed by atoms with Crippen molar-refractivity contribution in [3.8, 4) is 0 Å². The molecule has 3 nitrogen and oxygen atoms in total. The second kappa shape index (κ2) is 7.60. The molecule has 1 aliphatic heterocycles. The Bertz CT molecular complexity index is 417. The van der Waals surface area contributed by atoms with Gasteiger partial charge in [0.25, 0.3) is 0 Å². The Morgan fingerprint density at radius 1 is 1.30 bits per heavy atom. The van der Waals surface area contributed by atoms with E-state index in [1.807, 2.05) is 12.1 Å². The second-order valence-electron chi connectivity index (χ2n) is 5.74. The third-order valence-electron chi connectivity index (χ3n) is 3.59. The molecule has 1 aliphatic rings. The fraction of sp³-hybridized carbons (Fsp3) is 0.625. The Hall–Kier alpha value is -1.13. The van der Waals surface area contributed by atoms with E-state index >= 15 is 0 Å². The van der Waals surface area contributed by atoms with Crippen molar-refractivity contribution in [1.82, 2.24) is 5.32 Å². The first kappa shape index (κ1) is 15.3. The monoisotopic (exact) mass is 280 g/mol. The lowest BCUT2D eigenvalue weighted by Gasteiger charge is -2.29. The first-order valence-electron chi connectivity index (χ1n) is 7.48. The molecule has 0 aliphatic carbocycles. The van der Waals surface area contributed by atoms with Crippen molar-refractivity contribution >= 4 is 5.69 Å². The predicted octanol–water partition coefficient (Wildman–Crippen LogP) is 2.80. The molecule has 0 bridgehead atoms. The molecule has 0 spiro atoms. The van der Waals surface area contributed by atoms with Crippen molar-refractivity contribution in [2.45, 2.75) is 26.8 Å². The van der Waals surface area contributed by atoms with Gasteiger partial charge in [0.15, 0.2) is 0 Å². The van der Waals surface area contributed by atoms with Crippen molar-refractivity contribution in [2.24, 2.45) is 5.92 Å². The van der Waals surface area contributed by atoms with Crippen molar-refractivity contribution < 1.29 is 9.13 Å². The SMILES string of the molecule is CC(C)CCNCc1ccc(F)c(N2CCOCC2)c1. The highest BCUT2D eigenvalue weighted by molar-refractivity contribution is 5.50. The lowest BCUT2D eigenvalue weighted by molar-refractivity contribution is 0.122. The van der Waals surface area contributed by atoms with E-state index in [1.54, 1.807) is 6.07 Å². The van der Waals surface area contributed by atoms with Gasteiger partial charge in [-0.3, -0.25) is 0 Å². The first-order valence-corrected chi connectivity index (χ1v) is 7.48. The average molecular weight is 280 g/mol. The summed E-state index contributed by atoms with van der Waals surface area (Å²) in [5.41, 5.74) is 1.84. The summed E-state index contributed by atoms with van der Waals surface area (Å²) < 4.78 is 19.3. The maximum absolute atomic E-state index is 13.9. The highest BCUT2D eigenvalue weighted by atomic mass is 19.1. The van der Waals surface area contributed by atoms with Gasteiger partial charge in [-0.1, -0.05) is 19.9 Å². The molecule has 0 radical (unpaired) electrons. The van der Waals surface area contributed by atoms with Gasteiger partial charge in [0, 0.05) is 19.6 Å². The number of nitrogens with one attached hydrogen (secondary N) is 1. The van der Waals surface area contributed by atoms with E-state index < -0.39 is 0 Å². The molecule has 20 heavy (non-hydrogen) atoms. The fourth-order valence-corrected chi connectivity index (χ4v) is 2.34. The number of anilines is 1. The minimum absolute atomic E-state index is 0.141. The summed E-state index contributed by atoms with van der Waals surface area (Å²) in [6, 6.07) is 5.40. The van der Waals surface area contributed by atoms with Gasteiger partial charge in [0.05, 0.1) is 18.9 Å².